The zero-order chi connectivity index (χ0) is 16.2. The van der Waals surface area contributed by atoms with Crippen LogP contribution in [0.5, 0.6) is 0 Å². The molecular formula is C14H22Cl2N2O2S. The molecule has 1 aromatic rings. The van der Waals surface area contributed by atoms with Crippen LogP contribution in [0.15, 0.2) is 17.0 Å². The van der Waals surface area contributed by atoms with E-state index in [1.807, 2.05) is 27.7 Å². The van der Waals surface area contributed by atoms with Gasteiger partial charge in [-0.1, -0.05) is 44.0 Å². The lowest BCUT2D eigenvalue weighted by Gasteiger charge is -2.19. The van der Waals surface area contributed by atoms with Crippen LogP contribution in [0.2, 0.25) is 10.0 Å². The molecule has 0 aliphatic heterocycles. The van der Waals surface area contributed by atoms with Crippen molar-refractivity contribution >= 4 is 33.2 Å². The quantitative estimate of drug-likeness (QED) is 0.790. The third-order valence-corrected chi connectivity index (χ3v) is 5.83. The Morgan fingerprint density at radius 1 is 1.19 bits per heavy atom. The van der Waals surface area contributed by atoms with Crippen molar-refractivity contribution in [3.8, 4) is 0 Å². The summed E-state index contributed by atoms with van der Waals surface area (Å²) in [6, 6.07) is 2.82. The topological polar surface area (TPSA) is 58.2 Å². The van der Waals surface area contributed by atoms with Gasteiger partial charge in [-0.3, -0.25) is 0 Å². The van der Waals surface area contributed by atoms with Crippen molar-refractivity contribution in [1.82, 2.24) is 10.0 Å². The first-order chi connectivity index (χ1) is 9.70. The minimum absolute atomic E-state index is 0.0639. The zero-order valence-electron chi connectivity index (χ0n) is 12.7. The van der Waals surface area contributed by atoms with Gasteiger partial charge in [0.05, 0.1) is 5.02 Å². The molecule has 0 heterocycles. The van der Waals surface area contributed by atoms with Crippen LogP contribution in [0, 0.1) is 5.92 Å². The second-order valence-corrected chi connectivity index (χ2v) is 7.74. The lowest BCUT2D eigenvalue weighted by Crippen LogP contribution is -2.36. The van der Waals surface area contributed by atoms with Crippen molar-refractivity contribution in [3.63, 3.8) is 0 Å². The largest absolute Gasteiger partial charge is 0.313 e. The maximum Gasteiger partial charge on any atom is 0.242 e. The highest BCUT2D eigenvalue weighted by atomic mass is 35.5. The van der Waals surface area contributed by atoms with E-state index in [9.17, 15) is 8.42 Å². The van der Waals surface area contributed by atoms with Crippen molar-refractivity contribution in [3.05, 3.63) is 27.7 Å². The Labute approximate surface area is 137 Å². The van der Waals surface area contributed by atoms with E-state index in [1.54, 1.807) is 6.07 Å². The molecule has 2 N–H and O–H groups in total. The molecule has 7 heteroatoms. The summed E-state index contributed by atoms with van der Waals surface area (Å²) in [7, 11) is -3.67. The van der Waals surface area contributed by atoms with Crippen molar-refractivity contribution in [2.75, 3.05) is 6.54 Å². The van der Waals surface area contributed by atoms with Gasteiger partial charge in [0.25, 0.3) is 0 Å². The van der Waals surface area contributed by atoms with E-state index >= 15 is 0 Å². The fraction of sp³-hybridized carbons (Fsp3) is 0.571. The second kappa shape index (κ2) is 7.79. The molecule has 1 unspecified atom stereocenters. The Morgan fingerprint density at radius 3 is 2.33 bits per heavy atom. The van der Waals surface area contributed by atoms with Gasteiger partial charge >= 0.3 is 0 Å². The predicted molar refractivity (Wildman–Crippen MR) is 88.5 cm³/mol. The van der Waals surface area contributed by atoms with Crippen molar-refractivity contribution in [2.24, 2.45) is 5.92 Å². The summed E-state index contributed by atoms with van der Waals surface area (Å²) < 4.78 is 27.5. The van der Waals surface area contributed by atoms with Crippen molar-refractivity contribution < 1.29 is 8.42 Å². The summed E-state index contributed by atoms with van der Waals surface area (Å²) in [6.45, 7) is 8.85. The minimum Gasteiger partial charge on any atom is -0.313 e. The zero-order valence-corrected chi connectivity index (χ0v) is 15.0. The first kappa shape index (κ1) is 18.7. The lowest BCUT2D eigenvalue weighted by molar-refractivity contribution is 0.476. The van der Waals surface area contributed by atoms with E-state index in [2.05, 4.69) is 10.0 Å². The molecule has 0 saturated carbocycles. The average molecular weight is 353 g/mol. The molecule has 0 aliphatic carbocycles. The van der Waals surface area contributed by atoms with Gasteiger partial charge in [0.2, 0.25) is 10.0 Å². The SMILES string of the molecule is CCNCc1c(Cl)ccc(S(=O)(=O)NC(C)C(C)C)c1Cl. The third-order valence-electron chi connectivity index (χ3n) is 3.33. The van der Waals surface area contributed by atoms with Gasteiger partial charge in [0.1, 0.15) is 4.90 Å². The Kier molecular flexibility index (Phi) is 6.94. The molecule has 1 aromatic carbocycles. The summed E-state index contributed by atoms with van der Waals surface area (Å²) >= 11 is 12.4. The summed E-state index contributed by atoms with van der Waals surface area (Å²) in [5.74, 6) is 0.187. The standard InChI is InChI=1S/C14H22Cl2N2O2S/c1-5-17-8-11-12(15)6-7-13(14(11)16)21(19,20)18-10(4)9(2)3/h6-7,9-10,17-18H,5,8H2,1-4H3. The number of halogens is 2. The normalized spacial score (nSPS) is 13.7. The fourth-order valence-electron chi connectivity index (χ4n) is 1.64. The molecule has 0 aromatic heterocycles. The molecule has 0 saturated heterocycles. The molecule has 0 amide bonds. The summed E-state index contributed by atoms with van der Waals surface area (Å²) in [4.78, 5) is 0.0639. The van der Waals surface area contributed by atoms with Crippen LogP contribution in [0.4, 0.5) is 0 Å². The molecule has 0 radical (unpaired) electrons. The minimum atomic E-state index is -3.67. The molecule has 1 rings (SSSR count). The van der Waals surface area contributed by atoms with Crippen LogP contribution >= 0.6 is 23.2 Å². The summed E-state index contributed by atoms with van der Waals surface area (Å²) in [5.41, 5.74) is 0.597. The summed E-state index contributed by atoms with van der Waals surface area (Å²) in [6.07, 6.45) is 0. The van der Waals surface area contributed by atoms with E-state index in [0.29, 0.717) is 17.1 Å². The first-order valence-corrected chi connectivity index (χ1v) is 9.14. The van der Waals surface area contributed by atoms with Gasteiger partial charge in [-0.2, -0.15) is 0 Å². The van der Waals surface area contributed by atoms with Crippen LogP contribution in [-0.2, 0) is 16.6 Å². The molecule has 0 bridgehead atoms. The third kappa shape index (κ3) is 4.83. The molecule has 4 nitrogen and oxygen atoms in total. The predicted octanol–water partition coefficient (Wildman–Crippen LogP) is 3.43. The second-order valence-electron chi connectivity index (χ2n) is 5.27. The smallest absolute Gasteiger partial charge is 0.242 e. The number of benzene rings is 1. The molecule has 1 atom stereocenters. The maximum atomic E-state index is 12.4. The van der Waals surface area contributed by atoms with Gasteiger partial charge in [-0.25, -0.2) is 13.1 Å². The van der Waals surface area contributed by atoms with Crippen molar-refractivity contribution in [1.29, 1.82) is 0 Å². The van der Waals surface area contributed by atoms with Crippen molar-refractivity contribution in [2.45, 2.75) is 45.2 Å². The van der Waals surface area contributed by atoms with Crippen LogP contribution in [-0.4, -0.2) is 21.0 Å². The van der Waals surface area contributed by atoms with E-state index in [0.717, 1.165) is 6.54 Å². The Morgan fingerprint density at radius 2 is 1.81 bits per heavy atom. The van der Waals surface area contributed by atoms with Crippen LogP contribution in [0.3, 0.4) is 0 Å². The lowest BCUT2D eigenvalue weighted by atomic mass is 10.1. The number of nitrogens with one attached hydrogen (secondary N) is 2. The van der Waals surface area contributed by atoms with Gasteiger partial charge in [-0.05, 0) is 31.5 Å². The van der Waals surface area contributed by atoms with Crippen LogP contribution < -0.4 is 10.0 Å². The highest BCUT2D eigenvalue weighted by Crippen LogP contribution is 2.31. The van der Waals surface area contributed by atoms with Gasteiger partial charge in [0.15, 0.2) is 0 Å². The molecule has 0 aliphatic rings. The number of sulfonamides is 1. The molecule has 0 spiro atoms. The Bertz CT molecular complexity index is 589. The van der Waals surface area contributed by atoms with E-state index in [-0.39, 0.29) is 21.9 Å². The van der Waals surface area contributed by atoms with Gasteiger partial charge in [0, 0.05) is 23.2 Å². The highest BCUT2D eigenvalue weighted by molar-refractivity contribution is 7.89. The first-order valence-electron chi connectivity index (χ1n) is 6.90. The highest BCUT2D eigenvalue weighted by Gasteiger charge is 2.24. The molecule has 0 fully saturated rings. The average Bonchev–Trinajstić information content (AvgIpc) is 2.37. The number of hydrogen-bond acceptors (Lipinski definition) is 3. The molecule has 120 valence electrons. The fourth-order valence-corrected chi connectivity index (χ4v) is 3.94. The van der Waals surface area contributed by atoms with E-state index < -0.39 is 10.0 Å². The summed E-state index contributed by atoms with van der Waals surface area (Å²) in [5, 5.41) is 3.73. The molecule has 21 heavy (non-hydrogen) atoms. The number of hydrogen-bond donors (Lipinski definition) is 2. The number of rotatable bonds is 7. The van der Waals surface area contributed by atoms with E-state index in [4.69, 9.17) is 23.2 Å². The van der Waals surface area contributed by atoms with Crippen LogP contribution in [0.1, 0.15) is 33.3 Å². The van der Waals surface area contributed by atoms with Gasteiger partial charge < -0.3 is 5.32 Å². The van der Waals surface area contributed by atoms with Crippen LogP contribution in [0.25, 0.3) is 0 Å². The monoisotopic (exact) mass is 352 g/mol. The van der Waals surface area contributed by atoms with Gasteiger partial charge in [-0.15, -0.1) is 0 Å². The Hall–Kier alpha value is -0.330. The van der Waals surface area contributed by atoms with E-state index in [1.165, 1.54) is 6.07 Å². The maximum absolute atomic E-state index is 12.4. The Balaban J connectivity index is 3.18. The molecular weight excluding hydrogens is 331 g/mol.